The van der Waals surface area contributed by atoms with Crippen LogP contribution in [0.3, 0.4) is 0 Å². The van der Waals surface area contributed by atoms with Gasteiger partial charge in [0.05, 0.1) is 5.92 Å². The lowest BCUT2D eigenvalue weighted by atomic mass is 10.0. The molecule has 0 bridgehead atoms. The average molecular weight is 445 g/mol. The molecule has 0 aromatic carbocycles. The van der Waals surface area contributed by atoms with Gasteiger partial charge in [-0.25, -0.2) is 0 Å². The van der Waals surface area contributed by atoms with Crippen molar-refractivity contribution in [2.24, 2.45) is 5.92 Å². The van der Waals surface area contributed by atoms with Crippen LogP contribution in [-0.4, -0.2) is 17.3 Å². The van der Waals surface area contributed by atoms with E-state index < -0.39 is 0 Å². The zero-order chi connectivity index (χ0) is 22.5. The van der Waals surface area contributed by atoms with Crippen molar-refractivity contribution in [3.8, 4) is 0 Å². The first-order chi connectivity index (χ1) is 14.5. The van der Waals surface area contributed by atoms with E-state index >= 15 is 0 Å². The summed E-state index contributed by atoms with van der Waals surface area (Å²) in [5.74, 6) is -0.0984. The number of carbonyl (C=O) groups is 2. The largest absolute Gasteiger partial charge is 0.462 e. The van der Waals surface area contributed by atoms with Gasteiger partial charge in [-0.3, -0.25) is 9.59 Å². The Morgan fingerprint density at radius 3 is 1.60 bits per heavy atom. The Labute approximate surface area is 192 Å². The molecule has 4 heteroatoms. The monoisotopic (exact) mass is 444 g/mol. The highest BCUT2D eigenvalue weighted by atomic mass is 35.5. The third kappa shape index (κ3) is 19.4. The van der Waals surface area contributed by atoms with Gasteiger partial charge >= 0.3 is 5.97 Å². The van der Waals surface area contributed by atoms with E-state index in [0.717, 1.165) is 38.5 Å². The summed E-state index contributed by atoms with van der Waals surface area (Å²) in [4.78, 5) is 23.4. The molecule has 0 amide bonds. The van der Waals surface area contributed by atoms with Gasteiger partial charge in [0.1, 0.15) is 6.10 Å². The molecule has 0 aliphatic rings. The molecule has 0 aromatic heterocycles. The van der Waals surface area contributed by atoms with E-state index in [1.54, 1.807) is 0 Å². The number of rotatable bonds is 22. The van der Waals surface area contributed by atoms with Crippen LogP contribution in [0.5, 0.6) is 0 Å². The summed E-state index contributed by atoms with van der Waals surface area (Å²) in [6, 6.07) is 0. The molecule has 0 saturated carbocycles. The van der Waals surface area contributed by atoms with E-state index in [1.165, 1.54) is 77.0 Å². The highest BCUT2D eigenvalue weighted by Gasteiger charge is 2.19. The van der Waals surface area contributed by atoms with Crippen LogP contribution >= 0.6 is 11.6 Å². The first-order valence-corrected chi connectivity index (χ1v) is 13.3. The Kier molecular flexibility index (Phi) is 21.2. The van der Waals surface area contributed by atoms with Crippen LogP contribution in [-0.2, 0) is 14.3 Å². The van der Waals surface area contributed by atoms with Gasteiger partial charge in [0.2, 0.25) is 5.24 Å². The Hall–Kier alpha value is -0.570. The van der Waals surface area contributed by atoms with Crippen LogP contribution in [0.1, 0.15) is 143 Å². The second kappa shape index (κ2) is 21.7. The van der Waals surface area contributed by atoms with Gasteiger partial charge in [-0.15, -0.1) is 0 Å². The van der Waals surface area contributed by atoms with Crippen molar-refractivity contribution < 1.29 is 14.3 Å². The summed E-state index contributed by atoms with van der Waals surface area (Å²) < 4.78 is 5.95. The zero-order valence-electron chi connectivity index (χ0n) is 20.2. The summed E-state index contributed by atoms with van der Waals surface area (Å²) in [6.07, 6.45) is 21.3. The summed E-state index contributed by atoms with van der Waals surface area (Å²) in [5.41, 5.74) is 0. The van der Waals surface area contributed by atoms with E-state index in [2.05, 4.69) is 13.8 Å². The summed E-state index contributed by atoms with van der Waals surface area (Å²) in [5, 5.41) is -0.269. The lowest BCUT2D eigenvalue weighted by molar-refractivity contribution is -0.154. The van der Waals surface area contributed by atoms with Crippen LogP contribution in [0.4, 0.5) is 0 Å². The lowest BCUT2D eigenvalue weighted by Gasteiger charge is -2.20. The number of esters is 1. The van der Waals surface area contributed by atoms with Crippen LogP contribution in [0.2, 0.25) is 0 Å². The van der Waals surface area contributed by atoms with E-state index in [1.807, 2.05) is 6.92 Å². The Morgan fingerprint density at radius 1 is 0.667 bits per heavy atom. The molecule has 0 radical (unpaired) electrons. The molecule has 0 rings (SSSR count). The summed E-state index contributed by atoms with van der Waals surface area (Å²) in [6.45, 7) is 6.46. The molecule has 0 heterocycles. The molecule has 30 heavy (non-hydrogen) atoms. The van der Waals surface area contributed by atoms with Gasteiger partial charge in [0.25, 0.3) is 0 Å². The van der Waals surface area contributed by atoms with Gasteiger partial charge in [-0.1, -0.05) is 97.8 Å². The number of ether oxygens (including phenoxy) is 1. The van der Waals surface area contributed by atoms with Gasteiger partial charge in [-0.05, 0) is 50.1 Å². The predicted octanol–water partition coefficient (Wildman–Crippen LogP) is 8.75. The van der Waals surface area contributed by atoms with Crippen molar-refractivity contribution in [2.75, 3.05) is 0 Å². The number of unbranched alkanes of at least 4 members (excludes halogenated alkanes) is 12. The first kappa shape index (κ1) is 29.4. The predicted molar refractivity (Wildman–Crippen MR) is 129 cm³/mol. The minimum absolute atomic E-state index is 0.0367. The van der Waals surface area contributed by atoms with E-state index in [9.17, 15) is 9.59 Å². The first-order valence-electron chi connectivity index (χ1n) is 12.9. The second-order valence-corrected chi connectivity index (χ2v) is 9.45. The molecule has 1 atom stereocenters. The van der Waals surface area contributed by atoms with Crippen LogP contribution in [0.25, 0.3) is 0 Å². The second-order valence-electron chi connectivity index (χ2n) is 9.03. The quantitative estimate of drug-likeness (QED) is 0.0951. The Morgan fingerprint density at radius 2 is 1.10 bits per heavy atom. The fourth-order valence-electron chi connectivity index (χ4n) is 3.86. The molecule has 0 aromatic rings. The maximum Gasteiger partial charge on any atom is 0.308 e. The average Bonchev–Trinajstić information content (AvgIpc) is 2.72. The fourth-order valence-corrected chi connectivity index (χ4v) is 3.99. The minimum atomic E-state index is -0.269. The molecule has 0 aliphatic carbocycles. The van der Waals surface area contributed by atoms with E-state index in [4.69, 9.17) is 16.3 Å². The highest BCUT2D eigenvalue weighted by molar-refractivity contribution is 6.63. The molecule has 1 unspecified atom stereocenters. The topological polar surface area (TPSA) is 43.4 Å². The van der Waals surface area contributed by atoms with Crippen molar-refractivity contribution >= 4 is 22.8 Å². The van der Waals surface area contributed by atoms with E-state index in [0.29, 0.717) is 6.42 Å². The van der Waals surface area contributed by atoms with Crippen molar-refractivity contribution in [3.05, 3.63) is 0 Å². The maximum absolute atomic E-state index is 12.6. The van der Waals surface area contributed by atoms with Crippen molar-refractivity contribution in [1.29, 1.82) is 0 Å². The van der Waals surface area contributed by atoms with Gasteiger partial charge in [0.15, 0.2) is 0 Å². The summed E-state index contributed by atoms with van der Waals surface area (Å²) in [7, 11) is 0. The molecular weight excluding hydrogens is 396 g/mol. The van der Waals surface area contributed by atoms with Crippen LogP contribution < -0.4 is 0 Å². The SMILES string of the molecule is CCCCCCCCC(CCCCCCCC)OC(=O)C(C)CCCCCC(=O)Cl. The zero-order valence-corrected chi connectivity index (χ0v) is 20.9. The summed E-state index contributed by atoms with van der Waals surface area (Å²) >= 11 is 5.37. The Balaban J connectivity index is 4.21. The number of hydrogen-bond acceptors (Lipinski definition) is 3. The molecular formula is C26H49ClO3. The normalized spacial score (nSPS) is 12.3. The lowest BCUT2D eigenvalue weighted by Crippen LogP contribution is -2.23. The molecule has 0 aliphatic heterocycles. The molecule has 0 saturated heterocycles. The third-order valence-corrected chi connectivity index (χ3v) is 6.14. The molecule has 3 nitrogen and oxygen atoms in total. The van der Waals surface area contributed by atoms with Gasteiger partial charge < -0.3 is 4.74 Å². The van der Waals surface area contributed by atoms with Crippen LogP contribution in [0, 0.1) is 5.92 Å². The van der Waals surface area contributed by atoms with Crippen molar-refractivity contribution in [3.63, 3.8) is 0 Å². The number of carbonyl (C=O) groups excluding carboxylic acids is 2. The highest BCUT2D eigenvalue weighted by Crippen LogP contribution is 2.20. The Bertz CT molecular complexity index is 395. The molecule has 0 fully saturated rings. The van der Waals surface area contributed by atoms with Gasteiger partial charge in [0, 0.05) is 6.42 Å². The maximum atomic E-state index is 12.6. The smallest absolute Gasteiger partial charge is 0.308 e. The molecule has 0 N–H and O–H groups in total. The van der Waals surface area contributed by atoms with Crippen molar-refractivity contribution in [2.45, 2.75) is 149 Å². The van der Waals surface area contributed by atoms with E-state index in [-0.39, 0.29) is 23.2 Å². The number of hydrogen-bond donors (Lipinski definition) is 0. The molecule has 178 valence electrons. The van der Waals surface area contributed by atoms with Crippen molar-refractivity contribution in [1.82, 2.24) is 0 Å². The fraction of sp³-hybridized carbons (Fsp3) is 0.923. The number of halogens is 1. The molecule has 0 spiro atoms. The van der Waals surface area contributed by atoms with Gasteiger partial charge in [-0.2, -0.15) is 0 Å². The van der Waals surface area contributed by atoms with Crippen LogP contribution in [0.15, 0.2) is 0 Å². The standard InChI is InChI=1S/C26H49ClO3/c1-4-6-8-10-12-16-20-24(21-17-13-11-9-7-5-2)30-26(29)23(3)19-15-14-18-22-25(27)28/h23-24H,4-22H2,1-3H3. The third-order valence-electron chi connectivity index (χ3n) is 5.95. The minimum Gasteiger partial charge on any atom is -0.462 e.